The summed E-state index contributed by atoms with van der Waals surface area (Å²) < 4.78 is 6.90. The summed E-state index contributed by atoms with van der Waals surface area (Å²) in [7, 11) is 0. The Labute approximate surface area is 134 Å². The largest absolute Gasteiger partial charge is 0.393 e. The van der Waals surface area contributed by atoms with Gasteiger partial charge in [0.1, 0.15) is 6.10 Å². The van der Waals surface area contributed by atoms with E-state index in [2.05, 4.69) is 16.5 Å². The van der Waals surface area contributed by atoms with Gasteiger partial charge in [-0.2, -0.15) is 4.98 Å². The van der Waals surface area contributed by atoms with Crippen LogP contribution >= 0.6 is 0 Å². The van der Waals surface area contributed by atoms with E-state index in [9.17, 15) is 19.2 Å². The van der Waals surface area contributed by atoms with E-state index in [4.69, 9.17) is 15.6 Å². The zero-order chi connectivity index (χ0) is 17.9. The Morgan fingerprint density at radius 3 is 2.62 bits per heavy atom. The lowest BCUT2D eigenvalue weighted by Crippen LogP contribution is -2.33. The molecule has 0 saturated carbocycles. The molecule has 24 heavy (non-hydrogen) atoms. The number of aliphatic hydroxyl groups is 1. The first kappa shape index (κ1) is 17.3. The molecule has 0 aliphatic heterocycles. The molecule has 0 aromatic carbocycles. The van der Waals surface area contributed by atoms with Crippen molar-refractivity contribution >= 4 is 29.7 Å². The summed E-state index contributed by atoms with van der Waals surface area (Å²) in [5.74, 6) is -0.268. The lowest BCUT2D eigenvalue weighted by Gasteiger charge is -2.16. The van der Waals surface area contributed by atoms with Gasteiger partial charge in [-0.15, -0.1) is 6.58 Å². The molecule has 2 rings (SSSR count). The Balaban J connectivity index is 2.77. The van der Waals surface area contributed by atoms with Crippen LogP contribution in [0.3, 0.4) is 0 Å². The van der Waals surface area contributed by atoms with Crippen LogP contribution in [0.25, 0.3) is 11.2 Å². The number of aldehydes is 2. The fraction of sp³-hybridized carbons (Fsp3) is 0.308. The molecule has 0 spiro atoms. The molecule has 0 unspecified atom stereocenters. The van der Waals surface area contributed by atoms with E-state index in [1.54, 1.807) is 0 Å². The number of hydrogen-bond donors (Lipinski definition) is 3. The quantitative estimate of drug-likeness (QED) is 0.365. The molecule has 0 radical (unpaired) electrons. The number of nitrogen functional groups attached to an aromatic ring is 1. The van der Waals surface area contributed by atoms with Crippen molar-refractivity contribution in [1.82, 2.24) is 19.1 Å². The van der Waals surface area contributed by atoms with Crippen molar-refractivity contribution in [2.45, 2.75) is 18.9 Å². The van der Waals surface area contributed by atoms with Gasteiger partial charge in [0.2, 0.25) is 5.95 Å². The summed E-state index contributed by atoms with van der Waals surface area (Å²) in [4.78, 5) is 52.9. The fourth-order valence-electron chi connectivity index (χ4n) is 2.18. The van der Waals surface area contributed by atoms with Crippen LogP contribution in [0.15, 0.2) is 22.2 Å². The van der Waals surface area contributed by atoms with Crippen LogP contribution in [0, 0.1) is 0 Å². The smallest absolute Gasteiger partial charge is 0.333 e. The summed E-state index contributed by atoms with van der Waals surface area (Å²) in [5, 5.41) is 9.01. The Bertz CT molecular complexity index is 895. The van der Waals surface area contributed by atoms with Gasteiger partial charge in [-0.3, -0.25) is 19.1 Å². The second-order valence-electron chi connectivity index (χ2n) is 4.70. The molecule has 2 aromatic heterocycles. The van der Waals surface area contributed by atoms with Crippen LogP contribution in [0.4, 0.5) is 5.95 Å². The van der Waals surface area contributed by atoms with Gasteiger partial charge in [-0.05, 0) is 0 Å². The molecular formula is C13H15N5O6. The van der Waals surface area contributed by atoms with E-state index in [-0.39, 0.29) is 36.2 Å². The standard InChI is InChI=1S/C13H15N5O6/c1-2-3-17-9-10(15-12(14)16-11(9)22)18(13(17)23)8(6-21)24-7(4-19)5-20/h2,4,6-8,20H,1,3,5H2,(H3,14,15,16,22)/t7-,8+/m0/s1. The summed E-state index contributed by atoms with van der Waals surface area (Å²) >= 11 is 0. The van der Waals surface area contributed by atoms with Gasteiger partial charge < -0.3 is 20.4 Å². The normalized spacial score (nSPS) is 13.5. The van der Waals surface area contributed by atoms with Crippen LogP contribution in [-0.4, -0.2) is 49.5 Å². The molecule has 128 valence electrons. The molecule has 0 aliphatic carbocycles. The number of imidazole rings is 1. The van der Waals surface area contributed by atoms with Crippen molar-refractivity contribution < 1.29 is 19.4 Å². The molecule has 11 nitrogen and oxygen atoms in total. The topological polar surface area (TPSA) is 162 Å². The minimum atomic E-state index is -1.58. The van der Waals surface area contributed by atoms with E-state index in [1.807, 2.05) is 0 Å². The zero-order valence-corrected chi connectivity index (χ0v) is 12.4. The first-order valence-electron chi connectivity index (χ1n) is 6.76. The number of aliphatic hydroxyl groups excluding tert-OH is 1. The highest BCUT2D eigenvalue weighted by atomic mass is 16.5. The second-order valence-corrected chi connectivity index (χ2v) is 4.70. The van der Waals surface area contributed by atoms with Gasteiger partial charge in [-0.1, -0.05) is 6.08 Å². The van der Waals surface area contributed by atoms with Gasteiger partial charge in [0, 0.05) is 6.54 Å². The van der Waals surface area contributed by atoms with Gasteiger partial charge >= 0.3 is 5.69 Å². The lowest BCUT2D eigenvalue weighted by molar-refractivity contribution is -0.139. The highest BCUT2D eigenvalue weighted by Gasteiger charge is 2.26. The molecule has 2 atom stereocenters. The number of hydrogen-bond acceptors (Lipinski definition) is 8. The van der Waals surface area contributed by atoms with E-state index >= 15 is 0 Å². The molecule has 0 amide bonds. The van der Waals surface area contributed by atoms with Crippen molar-refractivity contribution in [1.29, 1.82) is 0 Å². The summed E-state index contributed by atoms with van der Waals surface area (Å²) in [6.45, 7) is 2.78. The third kappa shape index (κ3) is 2.89. The number of aromatic amines is 1. The predicted molar refractivity (Wildman–Crippen MR) is 82.3 cm³/mol. The monoisotopic (exact) mass is 337 g/mol. The molecule has 0 saturated heterocycles. The third-order valence-corrected chi connectivity index (χ3v) is 3.16. The number of rotatable bonds is 8. The molecule has 0 bridgehead atoms. The first-order valence-corrected chi connectivity index (χ1v) is 6.76. The van der Waals surface area contributed by atoms with Gasteiger partial charge in [0.15, 0.2) is 30.0 Å². The van der Waals surface area contributed by atoms with Crippen LogP contribution in [0.2, 0.25) is 0 Å². The highest BCUT2D eigenvalue weighted by molar-refractivity contribution is 5.73. The molecule has 2 aromatic rings. The number of carbonyl (C=O) groups is 2. The maximum Gasteiger partial charge on any atom is 0.333 e. The number of anilines is 1. The Kier molecular flexibility index (Phi) is 5.06. The number of nitrogens with zero attached hydrogens (tertiary/aromatic N) is 3. The summed E-state index contributed by atoms with van der Waals surface area (Å²) in [5.41, 5.74) is 3.69. The molecule has 2 heterocycles. The number of carbonyl (C=O) groups excluding carboxylic acids is 2. The van der Waals surface area contributed by atoms with Gasteiger partial charge in [0.25, 0.3) is 5.56 Å². The lowest BCUT2D eigenvalue weighted by atomic mass is 10.4. The van der Waals surface area contributed by atoms with E-state index < -0.39 is 30.2 Å². The summed E-state index contributed by atoms with van der Waals surface area (Å²) in [6.07, 6.45) is -1.02. The van der Waals surface area contributed by atoms with Crippen LogP contribution < -0.4 is 17.0 Å². The Hall–Kier alpha value is -3.05. The predicted octanol–water partition coefficient (Wildman–Crippen LogP) is -2.07. The summed E-state index contributed by atoms with van der Waals surface area (Å²) in [6, 6.07) is 0. The molecule has 0 fully saturated rings. The SMILES string of the molecule is C=CCn1c(=O)n([C@@H](C=O)O[C@@H](C=O)CO)c2nc(N)[nH]c(=O)c21. The minimum Gasteiger partial charge on any atom is -0.393 e. The fourth-order valence-corrected chi connectivity index (χ4v) is 2.18. The van der Waals surface area contributed by atoms with Gasteiger partial charge in [-0.25, -0.2) is 9.36 Å². The van der Waals surface area contributed by atoms with Crippen molar-refractivity contribution in [2.75, 3.05) is 12.3 Å². The van der Waals surface area contributed by atoms with Crippen molar-refractivity contribution in [3.8, 4) is 0 Å². The Morgan fingerprint density at radius 1 is 1.38 bits per heavy atom. The van der Waals surface area contributed by atoms with Crippen LogP contribution in [0.1, 0.15) is 6.23 Å². The molecule has 11 heteroatoms. The maximum absolute atomic E-state index is 12.6. The first-order chi connectivity index (χ1) is 11.5. The Morgan fingerprint density at radius 2 is 2.08 bits per heavy atom. The molecule has 4 N–H and O–H groups in total. The van der Waals surface area contributed by atoms with Crippen molar-refractivity contribution in [3.05, 3.63) is 33.5 Å². The number of fused-ring (bicyclic) bond motifs is 1. The number of aromatic nitrogens is 4. The van der Waals surface area contributed by atoms with Gasteiger partial charge in [0.05, 0.1) is 6.61 Å². The number of H-pyrrole nitrogens is 1. The maximum atomic E-state index is 12.6. The number of nitrogens with two attached hydrogens (primary N) is 1. The average Bonchev–Trinajstić information content (AvgIpc) is 2.82. The number of ether oxygens (including phenoxy) is 1. The average molecular weight is 337 g/mol. The third-order valence-electron chi connectivity index (χ3n) is 3.16. The number of nitrogens with one attached hydrogen (secondary N) is 1. The molecule has 0 aliphatic rings. The van der Waals surface area contributed by atoms with Crippen LogP contribution in [0.5, 0.6) is 0 Å². The molecular weight excluding hydrogens is 322 g/mol. The van der Waals surface area contributed by atoms with Crippen molar-refractivity contribution in [2.24, 2.45) is 0 Å². The van der Waals surface area contributed by atoms with E-state index in [1.165, 1.54) is 6.08 Å². The second kappa shape index (κ2) is 7.02. The van der Waals surface area contributed by atoms with E-state index in [0.717, 1.165) is 9.13 Å². The van der Waals surface area contributed by atoms with Crippen molar-refractivity contribution in [3.63, 3.8) is 0 Å². The zero-order valence-electron chi connectivity index (χ0n) is 12.4. The van der Waals surface area contributed by atoms with Crippen LogP contribution in [-0.2, 0) is 20.9 Å². The van der Waals surface area contributed by atoms with E-state index in [0.29, 0.717) is 0 Å². The highest BCUT2D eigenvalue weighted by Crippen LogP contribution is 2.14. The minimum absolute atomic E-state index is 0.0281. The number of allylic oxidation sites excluding steroid dienone is 1.